The summed E-state index contributed by atoms with van der Waals surface area (Å²) in [6, 6.07) is 7.31. The number of aryl methyl sites for hydroxylation is 1. The molecule has 168 valence electrons. The van der Waals surface area contributed by atoms with Gasteiger partial charge in [-0.25, -0.2) is 9.50 Å². The van der Waals surface area contributed by atoms with E-state index in [-0.39, 0.29) is 11.9 Å². The van der Waals surface area contributed by atoms with Crippen molar-refractivity contribution >= 4 is 23.2 Å². The van der Waals surface area contributed by atoms with E-state index in [0.717, 1.165) is 30.6 Å². The van der Waals surface area contributed by atoms with Crippen LogP contribution in [0, 0.1) is 6.92 Å². The van der Waals surface area contributed by atoms with Crippen molar-refractivity contribution in [3.8, 4) is 5.75 Å². The highest BCUT2D eigenvalue weighted by Gasteiger charge is 2.32. The third kappa shape index (κ3) is 3.75. The number of hydrogen-bond acceptors (Lipinski definition) is 4. The lowest BCUT2D eigenvalue weighted by Crippen LogP contribution is -2.38. The second kappa shape index (κ2) is 8.74. The van der Waals surface area contributed by atoms with Crippen molar-refractivity contribution in [1.82, 2.24) is 19.5 Å². The first kappa shape index (κ1) is 21.3. The van der Waals surface area contributed by atoms with Crippen LogP contribution in [0.25, 0.3) is 5.65 Å². The molecule has 1 aliphatic heterocycles. The van der Waals surface area contributed by atoms with Gasteiger partial charge in [0.05, 0.1) is 35.1 Å². The number of halogens is 1. The van der Waals surface area contributed by atoms with E-state index in [1.807, 2.05) is 9.42 Å². The summed E-state index contributed by atoms with van der Waals surface area (Å²) in [5.74, 6) is 0.991. The van der Waals surface area contributed by atoms with Crippen molar-refractivity contribution in [2.45, 2.75) is 63.8 Å². The van der Waals surface area contributed by atoms with Crippen molar-refractivity contribution in [1.29, 1.82) is 0 Å². The molecule has 1 aromatic carbocycles. The smallest absolute Gasteiger partial charge is 0.256 e. The zero-order valence-corrected chi connectivity index (χ0v) is 19.4. The van der Waals surface area contributed by atoms with Crippen LogP contribution in [-0.2, 0) is 0 Å². The molecule has 1 aliphatic carbocycles. The maximum Gasteiger partial charge on any atom is 0.256 e. The van der Waals surface area contributed by atoms with Gasteiger partial charge in [0.15, 0.2) is 5.65 Å². The topological polar surface area (TPSA) is 59.7 Å². The second-order valence-electron chi connectivity index (χ2n) is 8.99. The molecule has 5 rings (SSSR count). The first-order chi connectivity index (χ1) is 15.6. The average Bonchev–Trinajstić information content (AvgIpc) is 3.48. The highest BCUT2D eigenvalue weighted by Crippen LogP contribution is 2.37. The zero-order valence-electron chi connectivity index (χ0n) is 18.7. The summed E-state index contributed by atoms with van der Waals surface area (Å²) in [5.41, 5.74) is 4.64. The molecule has 32 heavy (non-hydrogen) atoms. The quantitative estimate of drug-likeness (QED) is 0.507. The summed E-state index contributed by atoms with van der Waals surface area (Å²) >= 11 is 6.48. The van der Waals surface area contributed by atoms with Gasteiger partial charge in [-0.2, -0.15) is 5.10 Å². The Kier molecular flexibility index (Phi) is 5.80. The molecular weight excluding hydrogens is 424 g/mol. The van der Waals surface area contributed by atoms with Crippen molar-refractivity contribution in [2.75, 3.05) is 13.7 Å². The lowest BCUT2D eigenvalue weighted by atomic mass is 9.98. The van der Waals surface area contributed by atoms with Crippen LogP contribution in [0.2, 0.25) is 5.02 Å². The van der Waals surface area contributed by atoms with Gasteiger partial charge in [-0.3, -0.25) is 4.79 Å². The molecule has 1 saturated carbocycles. The van der Waals surface area contributed by atoms with Gasteiger partial charge in [-0.15, -0.1) is 0 Å². The van der Waals surface area contributed by atoms with E-state index in [1.54, 1.807) is 25.3 Å². The Labute approximate surface area is 193 Å². The van der Waals surface area contributed by atoms with Crippen LogP contribution in [0.1, 0.15) is 84.2 Å². The number of methoxy groups -OCH3 is 1. The van der Waals surface area contributed by atoms with Crippen molar-refractivity contribution in [3.05, 3.63) is 58.0 Å². The number of fused-ring (bicyclic) bond motifs is 1. The minimum atomic E-state index is -0.0875. The number of benzene rings is 1. The van der Waals surface area contributed by atoms with Crippen molar-refractivity contribution < 1.29 is 9.53 Å². The molecule has 0 radical (unpaired) electrons. The highest BCUT2D eigenvalue weighted by molar-refractivity contribution is 6.35. The number of aromatic nitrogens is 3. The molecule has 6 nitrogen and oxygen atoms in total. The molecule has 0 bridgehead atoms. The van der Waals surface area contributed by atoms with Crippen LogP contribution >= 0.6 is 11.6 Å². The van der Waals surface area contributed by atoms with Crippen LogP contribution in [0.4, 0.5) is 0 Å². The van der Waals surface area contributed by atoms with E-state index in [9.17, 15) is 4.79 Å². The number of amides is 1. The molecule has 0 N–H and O–H groups in total. The summed E-state index contributed by atoms with van der Waals surface area (Å²) in [4.78, 5) is 20.4. The Morgan fingerprint density at radius 3 is 2.72 bits per heavy atom. The maximum atomic E-state index is 13.5. The Morgan fingerprint density at radius 2 is 1.94 bits per heavy atom. The van der Waals surface area contributed by atoms with Crippen LogP contribution < -0.4 is 4.74 Å². The number of likely N-dealkylation sites (tertiary alicyclic amines) is 1. The van der Waals surface area contributed by atoms with Crippen LogP contribution in [0.5, 0.6) is 5.75 Å². The largest absolute Gasteiger partial charge is 0.495 e. The number of hydrogen-bond donors (Lipinski definition) is 0. The van der Waals surface area contributed by atoms with Crippen molar-refractivity contribution in [2.24, 2.45) is 0 Å². The van der Waals surface area contributed by atoms with Crippen LogP contribution in [0.3, 0.4) is 0 Å². The van der Waals surface area contributed by atoms with Gasteiger partial charge in [-0.1, -0.05) is 30.5 Å². The first-order valence-corrected chi connectivity index (χ1v) is 11.9. The van der Waals surface area contributed by atoms with Gasteiger partial charge < -0.3 is 9.64 Å². The van der Waals surface area contributed by atoms with Gasteiger partial charge >= 0.3 is 0 Å². The predicted molar refractivity (Wildman–Crippen MR) is 125 cm³/mol. The summed E-state index contributed by atoms with van der Waals surface area (Å²) in [6.45, 7) is 2.81. The maximum absolute atomic E-state index is 13.5. The molecule has 1 atom stereocenters. The van der Waals surface area contributed by atoms with E-state index < -0.39 is 0 Å². The molecular formula is C25H29ClN4O2. The zero-order chi connectivity index (χ0) is 22.2. The molecule has 2 aromatic heterocycles. The minimum absolute atomic E-state index is 0.0774. The second-order valence-corrected chi connectivity index (χ2v) is 9.37. The van der Waals surface area contributed by atoms with Crippen molar-refractivity contribution in [3.63, 3.8) is 0 Å². The molecule has 7 heteroatoms. The fourth-order valence-corrected chi connectivity index (χ4v) is 5.57. The Bertz CT molecular complexity index is 1150. The summed E-state index contributed by atoms with van der Waals surface area (Å²) in [5, 5.41) is 5.21. The normalized spacial score (nSPS) is 19.6. The molecule has 1 unspecified atom stereocenters. The lowest BCUT2D eigenvalue weighted by Gasteiger charge is -2.35. The summed E-state index contributed by atoms with van der Waals surface area (Å²) < 4.78 is 7.19. The number of carbonyl (C=O) groups is 1. The SMILES string of the molecule is COc1cccc(C(=O)N2CCCCC2c2cc3nc(C4CCCC4)c(C)cn3n2)c1Cl. The van der Waals surface area contributed by atoms with Gasteiger partial charge in [-0.05, 0) is 56.7 Å². The van der Waals surface area contributed by atoms with E-state index in [1.165, 1.54) is 36.9 Å². The Hall–Kier alpha value is -2.60. The molecule has 2 aliphatic rings. The highest BCUT2D eigenvalue weighted by atomic mass is 35.5. The summed E-state index contributed by atoms with van der Waals surface area (Å²) in [6.07, 6.45) is 10.0. The third-order valence-corrected chi connectivity index (χ3v) is 7.34. The predicted octanol–water partition coefficient (Wildman–Crippen LogP) is 5.72. The Morgan fingerprint density at radius 1 is 1.16 bits per heavy atom. The van der Waals surface area contributed by atoms with Crippen LogP contribution in [0.15, 0.2) is 30.5 Å². The molecule has 3 heterocycles. The van der Waals surface area contributed by atoms with Gasteiger partial charge in [0.1, 0.15) is 5.75 Å². The number of ether oxygens (including phenoxy) is 1. The Balaban J connectivity index is 1.49. The van der Waals surface area contributed by atoms with E-state index >= 15 is 0 Å². The monoisotopic (exact) mass is 452 g/mol. The number of nitrogens with zero attached hydrogens (tertiary/aromatic N) is 4. The minimum Gasteiger partial charge on any atom is -0.495 e. The molecule has 0 spiro atoms. The number of piperidine rings is 1. The van der Waals surface area contributed by atoms with E-state index in [4.69, 9.17) is 26.4 Å². The molecule has 1 saturated heterocycles. The van der Waals surface area contributed by atoms with Gasteiger partial charge in [0, 0.05) is 24.7 Å². The fraction of sp³-hybridized carbons (Fsp3) is 0.480. The van der Waals surface area contributed by atoms with E-state index in [2.05, 4.69) is 19.2 Å². The molecule has 3 aromatic rings. The first-order valence-electron chi connectivity index (χ1n) is 11.6. The fourth-order valence-electron chi connectivity index (χ4n) is 5.29. The van der Waals surface area contributed by atoms with Gasteiger partial charge in [0.25, 0.3) is 5.91 Å². The average molecular weight is 453 g/mol. The standard InChI is InChI=1S/C25H29ClN4O2/c1-16-15-30-22(27-24(16)17-8-3-4-9-17)14-19(28-30)20-11-5-6-13-29(20)25(31)18-10-7-12-21(32-2)23(18)26/h7,10,12,14-15,17,20H,3-6,8-9,11,13H2,1-2H3. The van der Waals surface area contributed by atoms with Gasteiger partial charge in [0.2, 0.25) is 0 Å². The molecule has 2 fully saturated rings. The third-order valence-electron chi connectivity index (χ3n) is 6.95. The van der Waals surface area contributed by atoms with E-state index in [0.29, 0.717) is 28.8 Å². The van der Waals surface area contributed by atoms with Crippen LogP contribution in [-0.4, -0.2) is 39.1 Å². The summed E-state index contributed by atoms with van der Waals surface area (Å²) in [7, 11) is 1.56. The number of carbonyl (C=O) groups excluding carboxylic acids is 1. The lowest BCUT2D eigenvalue weighted by molar-refractivity contribution is 0.0605. The number of rotatable bonds is 4. The molecule has 1 amide bonds.